The van der Waals surface area contributed by atoms with Gasteiger partial charge in [-0.25, -0.2) is 4.98 Å². The number of amides is 1. The second-order valence-electron chi connectivity index (χ2n) is 8.03. The third-order valence-corrected chi connectivity index (χ3v) is 7.17. The Balaban J connectivity index is 1.74. The minimum absolute atomic E-state index is 0.233. The van der Waals surface area contributed by atoms with Crippen LogP contribution in [0.3, 0.4) is 0 Å². The third kappa shape index (κ3) is 3.78. The topological polar surface area (TPSA) is 86.5 Å². The molecule has 4 aromatic rings. The molecule has 0 spiro atoms. The molecule has 2 aromatic carbocycles. The lowest BCUT2D eigenvalue weighted by atomic mass is 9.87. The van der Waals surface area contributed by atoms with Crippen LogP contribution in [0.1, 0.15) is 33.8 Å². The number of anilines is 2. The van der Waals surface area contributed by atoms with Gasteiger partial charge >= 0.3 is 0 Å². The first-order valence-corrected chi connectivity index (χ1v) is 11.7. The predicted molar refractivity (Wildman–Crippen MR) is 134 cm³/mol. The molecule has 6 nitrogen and oxygen atoms in total. The van der Waals surface area contributed by atoms with E-state index in [0.717, 1.165) is 69.9 Å². The number of aryl methyl sites for hydroxylation is 1. The number of benzene rings is 2. The van der Waals surface area contributed by atoms with Gasteiger partial charge in [0.2, 0.25) is 0 Å². The van der Waals surface area contributed by atoms with Crippen LogP contribution in [0.15, 0.2) is 48.5 Å². The van der Waals surface area contributed by atoms with Gasteiger partial charge in [-0.2, -0.15) is 0 Å². The molecule has 0 bridgehead atoms. The SMILES string of the molecule is COc1ccc(OC)c(-c2c3c(nc4sc(C(=O)Nc5ccccc5)c(N)c24)CCCC3)c1. The first-order valence-electron chi connectivity index (χ1n) is 10.9. The number of hydrogen-bond donors (Lipinski definition) is 2. The van der Waals surface area contributed by atoms with Crippen LogP contribution in [0, 0.1) is 0 Å². The fraction of sp³-hybridized carbons (Fsp3) is 0.231. The number of nitrogens with two attached hydrogens (primary N) is 1. The molecule has 3 N–H and O–H groups in total. The summed E-state index contributed by atoms with van der Waals surface area (Å²) in [5, 5.41) is 3.76. The number of nitrogens with zero attached hydrogens (tertiary/aromatic N) is 1. The molecule has 5 rings (SSSR count). The van der Waals surface area contributed by atoms with Gasteiger partial charge in [0.25, 0.3) is 5.91 Å². The molecule has 33 heavy (non-hydrogen) atoms. The molecule has 1 aliphatic rings. The molecule has 0 unspecified atom stereocenters. The predicted octanol–water partition coefficient (Wildman–Crippen LogP) is 5.69. The number of rotatable bonds is 5. The van der Waals surface area contributed by atoms with Crippen LogP contribution in [0.5, 0.6) is 11.5 Å². The molecule has 1 amide bonds. The molecule has 0 aliphatic heterocycles. The van der Waals surface area contributed by atoms with Crippen molar-refractivity contribution in [3.63, 3.8) is 0 Å². The summed E-state index contributed by atoms with van der Waals surface area (Å²) in [7, 11) is 3.31. The number of fused-ring (bicyclic) bond motifs is 2. The molecule has 0 radical (unpaired) electrons. The van der Waals surface area contributed by atoms with E-state index in [1.54, 1.807) is 14.2 Å². The zero-order valence-electron chi connectivity index (χ0n) is 18.6. The average Bonchev–Trinajstić information content (AvgIpc) is 3.18. The lowest BCUT2D eigenvalue weighted by Gasteiger charge is -2.21. The number of nitrogen functional groups attached to an aromatic ring is 1. The Labute approximate surface area is 196 Å². The second-order valence-corrected chi connectivity index (χ2v) is 9.03. The number of aromatic nitrogens is 1. The van der Waals surface area contributed by atoms with E-state index in [0.29, 0.717) is 10.6 Å². The second kappa shape index (κ2) is 8.75. The van der Waals surface area contributed by atoms with Crippen molar-refractivity contribution in [1.29, 1.82) is 0 Å². The lowest BCUT2D eigenvalue weighted by Crippen LogP contribution is -2.12. The molecule has 0 atom stereocenters. The van der Waals surface area contributed by atoms with Crippen LogP contribution < -0.4 is 20.5 Å². The molecule has 2 aromatic heterocycles. The summed E-state index contributed by atoms with van der Waals surface area (Å²) in [6.07, 6.45) is 4.01. The average molecular weight is 460 g/mol. The van der Waals surface area contributed by atoms with Crippen LogP contribution in [-0.2, 0) is 12.8 Å². The Hall–Kier alpha value is -3.58. The molecule has 168 valence electrons. The van der Waals surface area contributed by atoms with E-state index in [4.69, 9.17) is 20.2 Å². The summed E-state index contributed by atoms with van der Waals surface area (Å²) in [5.74, 6) is 1.23. The number of nitrogens with one attached hydrogen (secondary N) is 1. The van der Waals surface area contributed by atoms with E-state index in [2.05, 4.69) is 5.32 Å². The zero-order chi connectivity index (χ0) is 22.9. The van der Waals surface area contributed by atoms with Crippen molar-refractivity contribution in [2.75, 3.05) is 25.3 Å². The molecule has 0 saturated heterocycles. The Kier molecular flexibility index (Phi) is 5.64. The van der Waals surface area contributed by atoms with E-state index >= 15 is 0 Å². The monoisotopic (exact) mass is 459 g/mol. The maximum Gasteiger partial charge on any atom is 0.267 e. The van der Waals surface area contributed by atoms with Gasteiger partial charge in [0.1, 0.15) is 21.2 Å². The number of para-hydroxylation sites is 1. The Morgan fingerprint density at radius 3 is 2.61 bits per heavy atom. The summed E-state index contributed by atoms with van der Waals surface area (Å²) in [6, 6.07) is 15.1. The third-order valence-electron chi connectivity index (χ3n) is 6.07. The Morgan fingerprint density at radius 1 is 1.06 bits per heavy atom. The summed E-state index contributed by atoms with van der Waals surface area (Å²) in [6.45, 7) is 0. The Morgan fingerprint density at radius 2 is 1.85 bits per heavy atom. The highest BCUT2D eigenvalue weighted by Crippen LogP contribution is 2.47. The molecular weight excluding hydrogens is 434 g/mol. The minimum atomic E-state index is -0.233. The van der Waals surface area contributed by atoms with Crippen LogP contribution in [0.2, 0.25) is 0 Å². The summed E-state index contributed by atoms with van der Waals surface area (Å²) >= 11 is 1.34. The van der Waals surface area contributed by atoms with Gasteiger partial charge in [0.15, 0.2) is 0 Å². The van der Waals surface area contributed by atoms with Gasteiger partial charge in [-0.15, -0.1) is 11.3 Å². The van der Waals surface area contributed by atoms with Crippen molar-refractivity contribution in [2.45, 2.75) is 25.7 Å². The van der Waals surface area contributed by atoms with Crippen LogP contribution in [0.25, 0.3) is 21.3 Å². The molecular formula is C26H25N3O3S. The highest BCUT2D eigenvalue weighted by atomic mass is 32.1. The van der Waals surface area contributed by atoms with Crippen molar-refractivity contribution in [3.8, 4) is 22.6 Å². The first kappa shape index (κ1) is 21.3. The molecule has 0 fully saturated rings. The van der Waals surface area contributed by atoms with Gasteiger partial charge < -0.3 is 20.5 Å². The van der Waals surface area contributed by atoms with Crippen molar-refractivity contribution in [2.24, 2.45) is 0 Å². The molecule has 0 saturated carbocycles. The largest absolute Gasteiger partial charge is 0.497 e. The molecule has 2 heterocycles. The van der Waals surface area contributed by atoms with E-state index < -0.39 is 0 Å². The van der Waals surface area contributed by atoms with Crippen molar-refractivity contribution < 1.29 is 14.3 Å². The number of pyridine rings is 1. The van der Waals surface area contributed by atoms with Gasteiger partial charge in [0.05, 0.1) is 19.9 Å². The van der Waals surface area contributed by atoms with Crippen LogP contribution in [-0.4, -0.2) is 25.1 Å². The van der Waals surface area contributed by atoms with Crippen molar-refractivity contribution >= 4 is 38.8 Å². The van der Waals surface area contributed by atoms with Gasteiger partial charge in [0, 0.05) is 27.9 Å². The quantitative estimate of drug-likeness (QED) is 0.400. The van der Waals surface area contributed by atoms with Crippen molar-refractivity contribution in [1.82, 2.24) is 4.98 Å². The number of thiophene rings is 1. The number of carbonyl (C=O) groups excluding carboxylic acids is 1. The highest BCUT2D eigenvalue weighted by molar-refractivity contribution is 7.21. The smallest absolute Gasteiger partial charge is 0.267 e. The van der Waals surface area contributed by atoms with Gasteiger partial charge in [-0.1, -0.05) is 18.2 Å². The van der Waals surface area contributed by atoms with E-state index in [1.165, 1.54) is 16.9 Å². The zero-order valence-corrected chi connectivity index (χ0v) is 19.4. The van der Waals surface area contributed by atoms with E-state index in [-0.39, 0.29) is 5.91 Å². The summed E-state index contributed by atoms with van der Waals surface area (Å²) in [5.41, 5.74) is 12.0. The summed E-state index contributed by atoms with van der Waals surface area (Å²) in [4.78, 5) is 19.3. The summed E-state index contributed by atoms with van der Waals surface area (Å²) < 4.78 is 11.2. The Bertz CT molecular complexity index is 1350. The van der Waals surface area contributed by atoms with Crippen LogP contribution >= 0.6 is 11.3 Å². The number of methoxy groups -OCH3 is 2. The van der Waals surface area contributed by atoms with Gasteiger partial charge in [-0.05, 0) is 61.6 Å². The number of carbonyl (C=O) groups is 1. The standard InChI is InChI=1S/C26H25N3O3S/c1-31-16-12-13-20(32-2)18(14-16)21-17-10-6-7-11-19(17)29-26-22(21)23(27)24(33-26)25(30)28-15-8-4-3-5-9-15/h3-5,8-9,12-14H,6-7,10-11,27H2,1-2H3,(H,28,30). The fourth-order valence-electron chi connectivity index (χ4n) is 4.49. The lowest BCUT2D eigenvalue weighted by molar-refractivity contribution is 0.103. The fourth-order valence-corrected chi connectivity index (χ4v) is 5.51. The normalized spacial score (nSPS) is 12.9. The van der Waals surface area contributed by atoms with E-state index in [9.17, 15) is 4.79 Å². The maximum atomic E-state index is 13.1. The number of ether oxygens (including phenoxy) is 2. The first-order chi connectivity index (χ1) is 16.1. The number of hydrogen-bond acceptors (Lipinski definition) is 6. The van der Waals surface area contributed by atoms with Crippen molar-refractivity contribution in [3.05, 3.63) is 64.7 Å². The van der Waals surface area contributed by atoms with Gasteiger partial charge in [-0.3, -0.25) is 4.79 Å². The highest BCUT2D eigenvalue weighted by Gasteiger charge is 2.27. The molecule has 1 aliphatic carbocycles. The molecule has 7 heteroatoms. The van der Waals surface area contributed by atoms with E-state index in [1.807, 2.05) is 48.5 Å². The minimum Gasteiger partial charge on any atom is -0.497 e. The maximum absolute atomic E-state index is 13.1. The van der Waals surface area contributed by atoms with Crippen LogP contribution in [0.4, 0.5) is 11.4 Å².